The van der Waals surface area contributed by atoms with Crippen molar-refractivity contribution in [2.24, 2.45) is 0 Å². The van der Waals surface area contributed by atoms with Crippen molar-refractivity contribution in [1.82, 2.24) is 4.90 Å². The van der Waals surface area contributed by atoms with Crippen LogP contribution in [0.3, 0.4) is 0 Å². The standard InChI is InChI=1S/C22H46N3O4S/c1-7-9-10-17-24(3,4)19-13-15-23(22(26)8-2)16-14-20-25(5,6)18-11-12-21-30(27,28)29/h8H,2,7,9-21H2,1,3-6H3/q+1/p+1. The van der Waals surface area contributed by atoms with Gasteiger partial charge in [-0.1, -0.05) is 19.9 Å². The Labute approximate surface area is 185 Å². The fourth-order valence-corrected chi connectivity index (χ4v) is 4.25. The molecule has 178 valence electrons. The maximum absolute atomic E-state index is 12.3. The van der Waals surface area contributed by atoms with Crippen LogP contribution in [0.1, 0.15) is 51.9 Å². The number of quaternary nitrogens is 2. The monoisotopic (exact) mass is 449 g/mol. The number of rotatable bonds is 18. The van der Waals surface area contributed by atoms with Crippen molar-refractivity contribution in [3.05, 3.63) is 12.7 Å². The van der Waals surface area contributed by atoms with E-state index in [4.69, 9.17) is 4.55 Å². The highest BCUT2D eigenvalue weighted by molar-refractivity contribution is 7.85. The van der Waals surface area contributed by atoms with Crippen LogP contribution in [0, 0.1) is 0 Å². The lowest BCUT2D eigenvalue weighted by atomic mass is 10.2. The van der Waals surface area contributed by atoms with Gasteiger partial charge in [-0.15, -0.1) is 0 Å². The molecular formula is C22H47N3O4S+2. The maximum atomic E-state index is 12.3. The van der Waals surface area contributed by atoms with Gasteiger partial charge in [0.25, 0.3) is 10.1 Å². The zero-order valence-corrected chi connectivity index (χ0v) is 20.9. The highest BCUT2D eigenvalue weighted by atomic mass is 32.2. The van der Waals surface area contributed by atoms with E-state index in [1.165, 1.54) is 31.9 Å². The molecule has 1 amide bonds. The van der Waals surface area contributed by atoms with Crippen LogP contribution >= 0.6 is 0 Å². The highest BCUT2D eigenvalue weighted by Gasteiger charge is 2.19. The Kier molecular flexibility index (Phi) is 13.7. The second kappa shape index (κ2) is 14.2. The first-order valence-electron chi connectivity index (χ1n) is 11.3. The third-order valence-corrected chi connectivity index (χ3v) is 6.46. The second-order valence-corrected chi connectivity index (χ2v) is 11.3. The number of amides is 1. The van der Waals surface area contributed by atoms with E-state index in [1.807, 2.05) is 4.90 Å². The first-order valence-corrected chi connectivity index (χ1v) is 12.9. The van der Waals surface area contributed by atoms with Gasteiger partial charge < -0.3 is 13.9 Å². The van der Waals surface area contributed by atoms with Crippen LogP contribution in [0.2, 0.25) is 0 Å². The minimum atomic E-state index is -3.87. The van der Waals surface area contributed by atoms with Crippen LogP contribution < -0.4 is 0 Å². The lowest BCUT2D eigenvalue weighted by molar-refractivity contribution is -0.891. The third-order valence-electron chi connectivity index (χ3n) is 5.65. The first kappa shape index (κ1) is 29.0. The van der Waals surface area contributed by atoms with Crippen LogP contribution in [0.15, 0.2) is 12.7 Å². The smallest absolute Gasteiger partial charge is 0.264 e. The molecule has 0 atom stereocenters. The molecular weight excluding hydrogens is 402 g/mol. The molecule has 0 aromatic rings. The first-order chi connectivity index (χ1) is 13.8. The van der Waals surface area contributed by atoms with Gasteiger partial charge >= 0.3 is 0 Å². The summed E-state index contributed by atoms with van der Waals surface area (Å²) in [5.74, 6) is -0.188. The van der Waals surface area contributed by atoms with Crippen molar-refractivity contribution in [3.8, 4) is 0 Å². The van der Waals surface area contributed by atoms with Gasteiger partial charge in [0.15, 0.2) is 0 Å². The van der Waals surface area contributed by atoms with Gasteiger partial charge in [0.2, 0.25) is 5.91 Å². The summed E-state index contributed by atoms with van der Waals surface area (Å²) in [4.78, 5) is 14.2. The fourth-order valence-electron chi connectivity index (χ4n) is 3.68. The van der Waals surface area contributed by atoms with Gasteiger partial charge in [0.1, 0.15) is 0 Å². The SMILES string of the molecule is C=CC(=O)N(CCC[N+](C)(C)CCCCC)CCC[N+](C)(C)CCCCS(=O)(=O)O. The molecule has 0 heterocycles. The Morgan fingerprint density at radius 2 is 1.30 bits per heavy atom. The zero-order valence-electron chi connectivity index (χ0n) is 20.1. The number of hydrogen-bond acceptors (Lipinski definition) is 3. The molecule has 0 aliphatic heterocycles. The van der Waals surface area contributed by atoms with Gasteiger partial charge in [-0.3, -0.25) is 9.35 Å². The lowest BCUT2D eigenvalue weighted by Crippen LogP contribution is -2.44. The average molecular weight is 450 g/mol. The van der Waals surface area contributed by atoms with Crippen molar-refractivity contribution >= 4 is 16.0 Å². The number of hydrogen-bond donors (Lipinski definition) is 1. The quantitative estimate of drug-likeness (QED) is 0.151. The van der Waals surface area contributed by atoms with Crippen molar-refractivity contribution in [2.45, 2.75) is 51.9 Å². The maximum Gasteiger partial charge on any atom is 0.264 e. The summed E-state index contributed by atoms with van der Waals surface area (Å²) < 4.78 is 32.2. The zero-order chi connectivity index (χ0) is 23.3. The van der Waals surface area contributed by atoms with E-state index in [0.29, 0.717) is 13.0 Å². The van der Waals surface area contributed by atoms with Crippen LogP contribution in [-0.4, -0.2) is 106 Å². The summed E-state index contributed by atoms with van der Waals surface area (Å²) >= 11 is 0. The average Bonchev–Trinajstić information content (AvgIpc) is 2.62. The Morgan fingerprint density at radius 3 is 1.70 bits per heavy atom. The third kappa shape index (κ3) is 15.8. The molecule has 0 rings (SSSR count). The number of nitrogens with zero attached hydrogens (tertiary/aromatic N) is 3. The van der Waals surface area contributed by atoms with E-state index in [2.05, 4.69) is 41.7 Å². The molecule has 0 aliphatic carbocycles. The van der Waals surface area contributed by atoms with Crippen LogP contribution in [0.5, 0.6) is 0 Å². The lowest BCUT2D eigenvalue weighted by Gasteiger charge is -2.32. The molecule has 0 spiro atoms. The largest absolute Gasteiger partial charge is 0.339 e. The molecule has 0 aliphatic rings. The van der Waals surface area contributed by atoms with Gasteiger partial charge in [0, 0.05) is 25.9 Å². The van der Waals surface area contributed by atoms with Crippen LogP contribution in [0.4, 0.5) is 0 Å². The molecule has 30 heavy (non-hydrogen) atoms. The Hall–Kier alpha value is -0.960. The molecule has 0 radical (unpaired) electrons. The predicted octanol–water partition coefficient (Wildman–Crippen LogP) is 2.79. The van der Waals surface area contributed by atoms with Crippen molar-refractivity contribution in [3.63, 3.8) is 0 Å². The van der Waals surface area contributed by atoms with E-state index >= 15 is 0 Å². The number of unbranched alkanes of at least 4 members (excludes halogenated alkanes) is 3. The topological polar surface area (TPSA) is 74.7 Å². The van der Waals surface area contributed by atoms with Crippen molar-refractivity contribution in [1.29, 1.82) is 0 Å². The van der Waals surface area contributed by atoms with E-state index < -0.39 is 10.1 Å². The molecule has 1 N–H and O–H groups in total. The summed E-state index contributed by atoms with van der Waals surface area (Å²) in [6, 6.07) is 0. The molecule has 0 unspecified atom stereocenters. The Bertz CT molecular complexity index is 604. The summed E-state index contributed by atoms with van der Waals surface area (Å²) in [6.07, 6.45) is 8.23. The van der Waals surface area contributed by atoms with Crippen LogP contribution in [-0.2, 0) is 14.9 Å². The molecule has 0 fully saturated rings. The number of carbonyl (C=O) groups excluding carboxylic acids is 1. The molecule has 0 aromatic carbocycles. The summed E-state index contributed by atoms with van der Waals surface area (Å²) in [6.45, 7) is 11.3. The summed E-state index contributed by atoms with van der Waals surface area (Å²) in [5.41, 5.74) is 0. The Morgan fingerprint density at radius 1 is 0.867 bits per heavy atom. The minimum absolute atomic E-state index is 0.00949. The summed E-state index contributed by atoms with van der Waals surface area (Å²) in [5, 5.41) is 0. The highest BCUT2D eigenvalue weighted by Crippen LogP contribution is 2.08. The van der Waals surface area contributed by atoms with Crippen molar-refractivity contribution < 1.29 is 26.7 Å². The molecule has 0 saturated carbocycles. The molecule has 8 heteroatoms. The molecule has 0 aromatic heterocycles. The van der Waals surface area contributed by atoms with E-state index in [0.717, 1.165) is 54.4 Å². The summed E-state index contributed by atoms with van der Waals surface area (Å²) in [7, 11) is 4.88. The van der Waals surface area contributed by atoms with Gasteiger partial charge in [-0.05, 0) is 31.8 Å². The minimum Gasteiger partial charge on any atom is -0.339 e. The van der Waals surface area contributed by atoms with Crippen LogP contribution in [0.25, 0.3) is 0 Å². The van der Waals surface area contributed by atoms with Crippen molar-refractivity contribution in [2.75, 3.05) is 73.2 Å². The van der Waals surface area contributed by atoms with E-state index in [1.54, 1.807) is 0 Å². The normalized spacial score (nSPS) is 12.7. The molecule has 0 bridgehead atoms. The number of carbonyl (C=O) groups is 1. The predicted molar refractivity (Wildman–Crippen MR) is 125 cm³/mol. The Balaban J connectivity index is 4.37. The second-order valence-electron chi connectivity index (χ2n) is 9.70. The van der Waals surface area contributed by atoms with Gasteiger partial charge in [0.05, 0.1) is 60.1 Å². The van der Waals surface area contributed by atoms with Gasteiger partial charge in [-0.2, -0.15) is 8.42 Å². The van der Waals surface area contributed by atoms with E-state index in [-0.39, 0.29) is 11.7 Å². The fraction of sp³-hybridized carbons (Fsp3) is 0.864. The van der Waals surface area contributed by atoms with E-state index in [9.17, 15) is 13.2 Å². The molecule has 0 saturated heterocycles. The molecule has 7 nitrogen and oxygen atoms in total. The van der Waals surface area contributed by atoms with Gasteiger partial charge in [-0.25, -0.2) is 0 Å².